The van der Waals surface area contributed by atoms with E-state index in [-0.39, 0.29) is 25.5 Å². The molecule has 0 unspecified atom stereocenters. The zero-order valence-electron chi connectivity index (χ0n) is 24.9. The Hall–Kier alpha value is -4.45. The Morgan fingerprint density at radius 2 is 1.27 bits per heavy atom. The van der Waals surface area contributed by atoms with E-state index in [1.54, 1.807) is 0 Å². The number of hydrogen-bond acceptors (Lipinski definition) is 8. The fraction of sp³-hybridized carbons (Fsp3) is 0.286. The third-order valence-corrected chi connectivity index (χ3v) is 7.57. The standard InChI is InChI=1S/C35H36N2O8/c1-25(38)36(29-17-19-30(20-18-29)37(40)41)32-34(44-23-28-15-9-4-10-16-28)33(43-22-27-13-7-3-8-14-27)31(45-35(32)39)24-42-21-26-11-5-2-6-12-26/h2-20,31-35,39H,21-24H2,1H3/t31-,32-,33-,34-,35+/m1/s1. The largest absolute Gasteiger partial charge is 0.374 e. The lowest BCUT2D eigenvalue weighted by atomic mass is 9.94. The third kappa shape index (κ3) is 8.39. The summed E-state index contributed by atoms with van der Waals surface area (Å²) in [5.41, 5.74) is 3.01. The highest BCUT2D eigenvalue weighted by atomic mass is 16.7. The van der Waals surface area contributed by atoms with Crippen molar-refractivity contribution in [1.82, 2.24) is 0 Å². The number of nitrogens with zero attached hydrogens (tertiary/aromatic N) is 2. The Balaban J connectivity index is 1.48. The van der Waals surface area contributed by atoms with Crippen LogP contribution >= 0.6 is 0 Å². The fourth-order valence-corrected chi connectivity index (χ4v) is 5.41. The van der Waals surface area contributed by atoms with E-state index >= 15 is 0 Å². The number of carbonyl (C=O) groups is 1. The maximum absolute atomic E-state index is 13.2. The van der Waals surface area contributed by atoms with E-state index in [2.05, 4.69) is 0 Å². The summed E-state index contributed by atoms with van der Waals surface area (Å²) in [7, 11) is 0. The molecule has 1 aliphatic heterocycles. The van der Waals surface area contributed by atoms with Gasteiger partial charge in [-0.15, -0.1) is 0 Å². The average Bonchev–Trinajstić information content (AvgIpc) is 3.06. The molecule has 10 nitrogen and oxygen atoms in total. The number of hydrogen-bond donors (Lipinski definition) is 1. The molecule has 1 amide bonds. The monoisotopic (exact) mass is 612 g/mol. The molecule has 10 heteroatoms. The number of anilines is 1. The zero-order chi connectivity index (χ0) is 31.6. The van der Waals surface area contributed by atoms with Gasteiger partial charge in [-0.2, -0.15) is 0 Å². The molecule has 45 heavy (non-hydrogen) atoms. The van der Waals surface area contributed by atoms with Gasteiger partial charge in [0.25, 0.3) is 5.69 Å². The van der Waals surface area contributed by atoms with Crippen LogP contribution < -0.4 is 4.90 Å². The molecule has 5 atom stereocenters. The van der Waals surface area contributed by atoms with Crippen LogP contribution in [-0.2, 0) is 43.6 Å². The summed E-state index contributed by atoms with van der Waals surface area (Å²) in [4.78, 5) is 25.4. The van der Waals surface area contributed by atoms with E-state index in [9.17, 15) is 20.0 Å². The highest BCUT2D eigenvalue weighted by molar-refractivity contribution is 5.92. The summed E-state index contributed by atoms with van der Waals surface area (Å²) in [5, 5.41) is 22.8. The lowest BCUT2D eigenvalue weighted by molar-refractivity contribution is -0.384. The van der Waals surface area contributed by atoms with Gasteiger partial charge >= 0.3 is 0 Å². The molecule has 234 valence electrons. The zero-order valence-corrected chi connectivity index (χ0v) is 24.9. The van der Waals surface area contributed by atoms with Crippen molar-refractivity contribution in [3.63, 3.8) is 0 Å². The average molecular weight is 613 g/mol. The second-order valence-corrected chi connectivity index (χ2v) is 10.7. The van der Waals surface area contributed by atoms with Crippen LogP contribution in [0, 0.1) is 10.1 Å². The van der Waals surface area contributed by atoms with Crippen LogP contribution in [0.4, 0.5) is 11.4 Å². The van der Waals surface area contributed by atoms with Gasteiger partial charge in [0.15, 0.2) is 6.29 Å². The first-order valence-corrected chi connectivity index (χ1v) is 14.7. The van der Waals surface area contributed by atoms with Crippen molar-refractivity contribution in [2.45, 2.75) is 57.4 Å². The maximum atomic E-state index is 13.2. The highest BCUT2D eigenvalue weighted by Crippen LogP contribution is 2.34. The molecule has 4 aromatic rings. The summed E-state index contributed by atoms with van der Waals surface area (Å²) in [5.74, 6) is -0.412. The molecule has 1 heterocycles. The molecule has 0 saturated carbocycles. The number of non-ortho nitro benzene ring substituents is 1. The molecule has 1 aliphatic rings. The molecule has 0 aliphatic carbocycles. The van der Waals surface area contributed by atoms with Crippen molar-refractivity contribution in [1.29, 1.82) is 0 Å². The van der Waals surface area contributed by atoms with Crippen LogP contribution in [-0.4, -0.2) is 53.2 Å². The second-order valence-electron chi connectivity index (χ2n) is 10.7. The molecule has 0 bridgehead atoms. The normalized spacial score (nSPS) is 21.2. The molecule has 0 aromatic heterocycles. The molecule has 1 saturated heterocycles. The summed E-state index contributed by atoms with van der Waals surface area (Å²) in [6, 6.07) is 33.4. The van der Waals surface area contributed by atoms with Crippen molar-refractivity contribution in [3.8, 4) is 0 Å². The summed E-state index contributed by atoms with van der Waals surface area (Å²) in [6.07, 6.45) is -3.91. The predicted octanol–water partition coefficient (Wildman–Crippen LogP) is 5.42. The van der Waals surface area contributed by atoms with E-state index in [0.717, 1.165) is 16.7 Å². The van der Waals surface area contributed by atoms with Gasteiger partial charge in [0.05, 0.1) is 31.4 Å². The van der Waals surface area contributed by atoms with E-state index in [0.29, 0.717) is 12.3 Å². The number of carbonyl (C=O) groups excluding carboxylic acids is 1. The number of aliphatic hydroxyl groups is 1. The van der Waals surface area contributed by atoms with Crippen LogP contribution in [0.1, 0.15) is 23.6 Å². The van der Waals surface area contributed by atoms with Crippen molar-refractivity contribution < 1.29 is 33.8 Å². The molecule has 1 N–H and O–H groups in total. The number of benzene rings is 4. The van der Waals surface area contributed by atoms with Gasteiger partial charge in [-0.3, -0.25) is 14.9 Å². The Morgan fingerprint density at radius 3 is 1.76 bits per heavy atom. The third-order valence-electron chi connectivity index (χ3n) is 7.57. The first kappa shape index (κ1) is 32.0. The molecule has 5 rings (SSSR count). The molecule has 0 spiro atoms. The second kappa shape index (κ2) is 15.5. The molecular weight excluding hydrogens is 576 g/mol. The van der Waals surface area contributed by atoms with Gasteiger partial charge in [-0.1, -0.05) is 91.0 Å². The molecule has 0 radical (unpaired) electrons. The Morgan fingerprint density at radius 1 is 0.778 bits per heavy atom. The number of rotatable bonds is 13. The van der Waals surface area contributed by atoms with Gasteiger partial charge in [0.1, 0.15) is 24.4 Å². The van der Waals surface area contributed by atoms with Crippen LogP contribution in [0.25, 0.3) is 0 Å². The number of ether oxygens (including phenoxy) is 4. The molecular formula is C35H36N2O8. The van der Waals surface area contributed by atoms with E-state index in [4.69, 9.17) is 18.9 Å². The fourth-order valence-electron chi connectivity index (χ4n) is 5.41. The van der Waals surface area contributed by atoms with Gasteiger partial charge < -0.3 is 29.0 Å². The Bertz CT molecular complexity index is 1510. The number of amides is 1. The molecule has 4 aromatic carbocycles. The lowest BCUT2D eigenvalue weighted by Crippen LogP contribution is -2.66. The Kier molecular flexibility index (Phi) is 11.0. The van der Waals surface area contributed by atoms with Crippen molar-refractivity contribution in [3.05, 3.63) is 142 Å². The van der Waals surface area contributed by atoms with Crippen LogP contribution in [0.3, 0.4) is 0 Å². The Labute approximate surface area is 261 Å². The first-order valence-electron chi connectivity index (χ1n) is 14.7. The summed E-state index contributed by atoms with van der Waals surface area (Å²) in [6.45, 7) is 2.15. The number of nitro groups is 1. The van der Waals surface area contributed by atoms with Crippen LogP contribution in [0.15, 0.2) is 115 Å². The van der Waals surface area contributed by atoms with Gasteiger partial charge in [-0.25, -0.2) is 0 Å². The van der Waals surface area contributed by atoms with Gasteiger partial charge in [0, 0.05) is 24.7 Å². The minimum Gasteiger partial charge on any atom is -0.374 e. The first-order chi connectivity index (χ1) is 21.9. The van der Waals surface area contributed by atoms with Crippen molar-refractivity contribution >= 4 is 17.3 Å². The van der Waals surface area contributed by atoms with Gasteiger partial charge in [-0.05, 0) is 28.8 Å². The number of aliphatic hydroxyl groups excluding tert-OH is 1. The van der Waals surface area contributed by atoms with Gasteiger partial charge in [0.2, 0.25) is 5.91 Å². The predicted molar refractivity (Wildman–Crippen MR) is 167 cm³/mol. The van der Waals surface area contributed by atoms with E-state index < -0.39 is 41.5 Å². The maximum Gasteiger partial charge on any atom is 0.269 e. The van der Waals surface area contributed by atoms with Crippen molar-refractivity contribution in [2.75, 3.05) is 11.5 Å². The SMILES string of the molecule is CC(=O)N(c1ccc([N+](=O)[O-])cc1)[C@@H]1[C@@H](OCc2ccccc2)[C@H](OCc2ccccc2)[C@@H](COCc2ccccc2)O[C@@H]1O. The van der Waals surface area contributed by atoms with Crippen LogP contribution in [0.2, 0.25) is 0 Å². The minimum absolute atomic E-state index is 0.0843. The van der Waals surface area contributed by atoms with E-state index in [1.165, 1.54) is 36.1 Å². The lowest BCUT2D eigenvalue weighted by Gasteiger charge is -2.48. The summed E-state index contributed by atoms with van der Waals surface area (Å²) < 4.78 is 25.3. The smallest absolute Gasteiger partial charge is 0.269 e. The minimum atomic E-state index is -1.49. The molecule has 1 fully saturated rings. The summed E-state index contributed by atoms with van der Waals surface area (Å²) >= 11 is 0. The topological polar surface area (TPSA) is 121 Å². The van der Waals surface area contributed by atoms with Crippen molar-refractivity contribution in [2.24, 2.45) is 0 Å². The number of nitro benzene ring substituents is 1. The van der Waals surface area contributed by atoms with Crippen LogP contribution in [0.5, 0.6) is 0 Å². The highest BCUT2D eigenvalue weighted by Gasteiger charge is 2.50. The quantitative estimate of drug-likeness (QED) is 0.157. The van der Waals surface area contributed by atoms with E-state index in [1.807, 2.05) is 91.0 Å².